The van der Waals surface area contributed by atoms with Crippen LogP contribution in [0.4, 0.5) is 4.79 Å². The molecule has 0 N–H and O–H groups in total. The maximum Gasteiger partial charge on any atom is 0.410 e. The molecular formula is C18H30ClNO2. The Morgan fingerprint density at radius 2 is 1.59 bits per heavy atom. The number of carbonyl (C=O) groups is 1. The second-order valence-corrected chi connectivity index (χ2v) is 7.37. The summed E-state index contributed by atoms with van der Waals surface area (Å²) < 4.78 is 5.41. The lowest BCUT2D eigenvalue weighted by atomic mass is 10.0. The van der Waals surface area contributed by atoms with E-state index in [4.69, 9.17) is 16.3 Å². The van der Waals surface area contributed by atoms with Crippen molar-refractivity contribution >= 4 is 17.7 Å². The third-order valence-electron chi connectivity index (χ3n) is 4.21. The molecule has 126 valence electrons. The molecule has 0 aromatic heterocycles. The van der Waals surface area contributed by atoms with Gasteiger partial charge in [0.15, 0.2) is 0 Å². The zero-order valence-corrected chi connectivity index (χ0v) is 15.2. The summed E-state index contributed by atoms with van der Waals surface area (Å²) in [5.74, 6) is 0.578. The normalized spacial score (nSPS) is 20.1. The summed E-state index contributed by atoms with van der Waals surface area (Å²) in [7, 11) is 0. The average Bonchev–Trinajstić information content (AvgIpc) is 2.65. The highest BCUT2D eigenvalue weighted by atomic mass is 35.5. The first-order valence-electron chi connectivity index (χ1n) is 8.14. The van der Waals surface area contributed by atoms with Crippen LogP contribution >= 0.6 is 11.6 Å². The number of amides is 1. The molecule has 0 aromatic rings. The summed E-state index contributed by atoms with van der Waals surface area (Å²) in [5, 5.41) is 0. The van der Waals surface area contributed by atoms with E-state index in [1.807, 2.05) is 17.1 Å². The number of unbranched alkanes of at least 4 members (excludes halogenated alkanes) is 2. The first-order valence-corrected chi connectivity index (χ1v) is 8.68. The summed E-state index contributed by atoms with van der Waals surface area (Å²) in [4.78, 5) is 14.2. The number of likely N-dealkylation sites (tertiary alicyclic amines) is 1. The van der Waals surface area contributed by atoms with Gasteiger partial charge in [-0.2, -0.15) is 0 Å². The molecule has 3 nitrogen and oxygen atoms in total. The Bertz CT molecular complexity index is 397. The number of halogens is 1. The molecule has 1 aliphatic heterocycles. The Labute approximate surface area is 140 Å². The van der Waals surface area contributed by atoms with Gasteiger partial charge in [0.25, 0.3) is 0 Å². The van der Waals surface area contributed by atoms with E-state index in [0.717, 1.165) is 32.1 Å². The van der Waals surface area contributed by atoms with Crippen molar-refractivity contribution in [3.63, 3.8) is 0 Å². The molecule has 0 spiro atoms. The topological polar surface area (TPSA) is 29.5 Å². The van der Waals surface area contributed by atoms with Crippen LogP contribution in [0.1, 0.15) is 59.8 Å². The summed E-state index contributed by atoms with van der Waals surface area (Å²) in [6.45, 7) is 8.76. The van der Waals surface area contributed by atoms with Gasteiger partial charge in [0.2, 0.25) is 0 Å². The molecular weight excluding hydrogens is 298 g/mol. The van der Waals surface area contributed by atoms with Gasteiger partial charge in [0.05, 0.1) is 0 Å². The average molecular weight is 328 g/mol. The molecule has 0 aliphatic carbocycles. The molecule has 1 fully saturated rings. The van der Waals surface area contributed by atoms with Crippen molar-refractivity contribution in [2.75, 3.05) is 12.5 Å². The first kappa shape index (κ1) is 19.1. The van der Waals surface area contributed by atoms with E-state index < -0.39 is 0 Å². The predicted octanol–water partition coefficient (Wildman–Crippen LogP) is 5.30. The number of alkyl halides is 1. The standard InChI is InChI=1S/C18H30ClNO2/c1-17(2)12-13-18(3,4)20(17)16(21)22-15-11-9-7-5-6-8-10-14-19/h8-11H,5-7,12-15H2,1-4H3/b10-8+,11-9+. The molecule has 1 amide bonds. The van der Waals surface area contributed by atoms with Crippen molar-refractivity contribution in [3.8, 4) is 0 Å². The van der Waals surface area contributed by atoms with E-state index in [1.54, 1.807) is 0 Å². The fourth-order valence-corrected chi connectivity index (χ4v) is 3.18. The van der Waals surface area contributed by atoms with Crippen LogP contribution in [-0.2, 0) is 4.74 Å². The Kier molecular flexibility index (Phi) is 7.47. The Morgan fingerprint density at radius 1 is 1.05 bits per heavy atom. The molecule has 0 unspecified atom stereocenters. The molecule has 0 bridgehead atoms. The fourth-order valence-electron chi connectivity index (χ4n) is 3.05. The lowest BCUT2D eigenvalue weighted by molar-refractivity contribution is 0.0483. The van der Waals surface area contributed by atoms with Crippen LogP contribution in [0.25, 0.3) is 0 Å². The number of hydrogen-bond donors (Lipinski definition) is 0. The largest absolute Gasteiger partial charge is 0.445 e. The van der Waals surface area contributed by atoms with Gasteiger partial charge in [-0.15, -0.1) is 11.6 Å². The molecule has 0 aromatic carbocycles. The lowest BCUT2D eigenvalue weighted by Crippen LogP contribution is -2.52. The molecule has 1 rings (SSSR count). The highest BCUT2D eigenvalue weighted by Gasteiger charge is 2.48. The maximum absolute atomic E-state index is 12.3. The third-order valence-corrected chi connectivity index (χ3v) is 4.39. The Balaban J connectivity index is 2.30. The molecule has 0 saturated carbocycles. The van der Waals surface area contributed by atoms with Gasteiger partial charge in [0, 0.05) is 17.0 Å². The van der Waals surface area contributed by atoms with Gasteiger partial charge in [0.1, 0.15) is 6.61 Å². The van der Waals surface area contributed by atoms with Crippen LogP contribution in [-0.4, -0.2) is 34.6 Å². The number of rotatable bonds is 7. The van der Waals surface area contributed by atoms with Crippen molar-refractivity contribution in [1.29, 1.82) is 0 Å². The lowest BCUT2D eigenvalue weighted by Gasteiger charge is -2.39. The van der Waals surface area contributed by atoms with Gasteiger partial charge >= 0.3 is 6.09 Å². The van der Waals surface area contributed by atoms with Crippen LogP contribution in [0.3, 0.4) is 0 Å². The van der Waals surface area contributed by atoms with E-state index in [9.17, 15) is 4.79 Å². The van der Waals surface area contributed by atoms with Crippen LogP contribution in [0.2, 0.25) is 0 Å². The highest BCUT2D eigenvalue weighted by molar-refractivity contribution is 6.18. The molecule has 1 heterocycles. The number of allylic oxidation sites excluding steroid dienone is 3. The van der Waals surface area contributed by atoms with Gasteiger partial charge in [-0.1, -0.05) is 24.3 Å². The van der Waals surface area contributed by atoms with E-state index in [0.29, 0.717) is 12.5 Å². The molecule has 4 heteroatoms. The van der Waals surface area contributed by atoms with Crippen molar-refractivity contribution in [3.05, 3.63) is 24.3 Å². The summed E-state index contributed by atoms with van der Waals surface area (Å²) >= 11 is 5.55. The SMILES string of the molecule is CC1(C)CCC(C)(C)N1C(=O)OC/C=C/CCC/C=C/CCl. The summed E-state index contributed by atoms with van der Waals surface area (Å²) in [6, 6.07) is 0. The van der Waals surface area contributed by atoms with E-state index in [1.165, 1.54) is 0 Å². The van der Waals surface area contributed by atoms with Gasteiger partial charge in [-0.3, -0.25) is 4.90 Å². The molecule has 0 radical (unpaired) electrons. The molecule has 1 aliphatic rings. The van der Waals surface area contributed by atoms with E-state index in [2.05, 4.69) is 39.8 Å². The van der Waals surface area contributed by atoms with Gasteiger partial charge in [-0.05, 0) is 59.8 Å². The number of nitrogens with zero attached hydrogens (tertiary/aromatic N) is 1. The van der Waals surface area contributed by atoms with Crippen LogP contribution in [0.15, 0.2) is 24.3 Å². The predicted molar refractivity (Wildman–Crippen MR) is 93.4 cm³/mol. The quantitative estimate of drug-likeness (QED) is 0.361. The van der Waals surface area contributed by atoms with Gasteiger partial charge < -0.3 is 4.74 Å². The monoisotopic (exact) mass is 327 g/mol. The van der Waals surface area contributed by atoms with Crippen LogP contribution in [0, 0.1) is 0 Å². The van der Waals surface area contributed by atoms with Crippen molar-refractivity contribution in [1.82, 2.24) is 4.90 Å². The van der Waals surface area contributed by atoms with E-state index in [-0.39, 0.29) is 17.2 Å². The minimum atomic E-state index is -0.206. The second-order valence-electron chi connectivity index (χ2n) is 7.07. The van der Waals surface area contributed by atoms with Crippen LogP contribution < -0.4 is 0 Å². The second kappa shape index (κ2) is 8.61. The zero-order chi connectivity index (χ0) is 16.6. The number of hydrogen-bond acceptors (Lipinski definition) is 2. The van der Waals surface area contributed by atoms with Gasteiger partial charge in [-0.25, -0.2) is 4.79 Å². The highest BCUT2D eigenvalue weighted by Crippen LogP contribution is 2.40. The zero-order valence-electron chi connectivity index (χ0n) is 14.4. The third kappa shape index (κ3) is 5.68. The Hall–Kier alpha value is -0.960. The smallest absolute Gasteiger partial charge is 0.410 e. The van der Waals surface area contributed by atoms with Crippen LogP contribution in [0.5, 0.6) is 0 Å². The molecule has 22 heavy (non-hydrogen) atoms. The number of ether oxygens (including phenoxy) is 1. The van der Waals surface area contributed by atoms with Crippen molar-refractivity contribution < 1.29 is 9.53 Å². The number of carbonyl (C=O) groups excluding carboxylic acids is 1. The minimum Gasteiger partial charge on any atom is -0.445 e. The minimum absolute atomic E-state index is 0.126. The fraction of sp³-hybridized carbons (Fsp3) is 0.722. The Morgan fingerprint density at radius 3 is 2.14 bits per heavy atom. The molecule has 1 saturated heterocycles. The first-order chi connectivity index (χ1) is 10.3. The summed E-state index contributed by atoms with van der Waals surface area (Å²) in [5.41, 5.74) is -0.252. The van der Waals surface area contributed by atoms with Crippen molar-refractivity contribution in [2.24, 2.45) is 0 Å². The molecule has 0 atom stereocenters. The van der Waals surface area contributed by atoms with Crippen molar-refractivity contribution in [2.45, 2.75) is 70.9 Å². The van der Waals surface area contributed by atoms with E-state index >= 15 is 0 Å². The maximum atomic E-state index is 12.3. The summed E-state index contributed by atoms with van der Waals surface area (Å²) in [6.07, 6.45) is 13.0.